The summed E-state index contributed by atoms with van der Waals surface area (Å²) in [5, 5.41) is 0.886. The van der Waals surface area contributed by atoms with Crippen molar-refractivity contribution in [3.63, 3.8) is 0 Å². The Hall–Kier alpha value is -2.46. The van der Waals surface area contributed by atoms with Crippen LogP contribution in [0.3, 0.4) is 0 Å². The first-order valence-corrected chi connectivity index (χ1v) is 9.47. The molecule has 1 aliphatic rings. The van der Waals surface area contributed by atoms with Crippen LogP contribution < -0.4 is 4.90 Å². The highest BCUT2D eigenvalue weighted by molar-refractivity contribution is 5.84. The summed E-state index contributed by atoms with van der Waals surface area (Å²) in [5.41, 5.74) is 4.58. The Balaban J connectivity index is 1.69. The molecule has 0 aliphatic carbocycles. The number of pyridine rings is 1. The zero-order valence-corrected chi connectivity index (χ0v) is 16.4. The van der Waals surface area contributed by atoms with E-state index in [2.05, 4.69) is 61.2 Å². The fourth-order valence-corrected chi connectivity index (χ4v) is 4.15. The SMILES string of the molecule is Cc1ccc([C@@H]2CN(c3cc(C)c4cc(F)ccc4n3)C[C@H]2N(C)C)cc1. The molecule has 2 atom stereocenters. The van der Waals surface area contributed by atoms with Crippen molar-refractivity contribution < 1.29 is 4.39 Å². The van der Waals surface area contributed by atoms with Crippen LogP contribution in [0.2, 0.25) is 0 Å². The van der Waals surface area contributed by atoms with E-state index in [0.29, 0.717) is 12.0 Å². The van der Waals surface area contributed by atoms with Gasteiger partial charge >= 0.3 is 0 Å². The third-order valence-electron chi connectivity index (χ3n) is 5.75. The summed E-state index contributed by atoms with van der Waals surface area (Å²) in [5.74, 6) is 1.20. The van der Waals surface area contributed by atoms with Gasteiger partial charge in [0.05, 0.1) is 5.52 Å². The molecule has 1 aliphatic heterocycles. The maximum atomic E-state index is 13.6. The van der Waals surface area contributed by atoms with Gasteiger partial charge in [0, 0.05) is 30.4 Å². The number of hydrogen-bond donors (Lipinski definition) is 0. The molecule has 27 heavy (non-hydrogen) atoms. The number of anilines is 1. The van der Waals surface area contributed by atoms with Crippen molar-refractivity contribution in [2.45, 2.75) is 25.8 Å². The van der Waals surface area contributed by atoms with Crippen LogP contribution in [0, 0.1) is 19.7 Å². The summed E-state index contributed by atoms with van der Waals surface area (Å²) in [6, 6.07) is 16.2. The van der Waals surface area contributed by atoms with E-state index in [1.165, 1.54) is 17.2 Å². The molecule has 0 unspecified atom stereocenters. The highest BCUT2D eigenvalue weighted by Crippen LogP contribution is 2.34. The zero-order chi connectivity index (χ0) is 19.1. The van der Waals surface area contributed by atoms with Crippen molar-refractivity contribution in [1.29, 1.82) is 0 Å². The molecule has 0 radical (unpaired) electrons. The van der Waals surface area contributed by atoms with Crippen LogP contribution in [0.4, 0.5) is 10.2 Å². The largest absolute Gasteiger partial charge is 0.354 e. The number of fused-ring (bicyclic) bond motifs is 1. The second-order valence-electron chi connectivity index (χ2n) is 7.91. The van der Waals surface area contributed by atoms with Gasteiger partial charge in [-0.2, -0.15) is 0 Å². The molecular formula is C23H26FN3. The van der Waals surface area contributed by atoms with Crippen LogP contribution in [-0.2, 0) is 0 Å². The number of nitrogens with zero attached hydrogens (tertiary/aromatic N) is 3. The topological polar surface area (TPSA) is 19.4 Å². The van der Waals surface area contributed by atoms with Crippen LogP contribution >= 0.6 is 0 Å². The third kappa shape index (κ3) is 3.42. The zero-order valence-electron chi connectivity index (χ0n) is 16.4. The van der Waals surface area contributed by atoms with Gasteiger partial charge < -0.3 is 9.80 Å². The van der Waals surface area contributed by atoms with Gasteiger partial charge in [0.15, 0.2) is 0 Å². The quantitative estimate of drug-likeness (QED) is 0.682. The molecule has 2 heterocycles. The summed E-state index contributed by atoms with van der Waals surface area (Å²) in [6.07, 6.45) is 0. The minimum Gasteiger partial charge on any atom is -0.354 e. The molecule has 2 aromatic carbocycles. The first-order valence-electron chi connectivity index (χ1n) is 9.47. The molecule has 4 rings (SSSR count). The van der Waals surface area contributed by atoms with Gasteiger partial charge in [0.1, 0.15) is 11.6 Å². The maximum Gasteiger partial charge on any atom is 0.129 e. The monoisotopic (exact) mass is 363 g/mol. The Bertz CT molecular complexity index is 965. The standard InChI is InChI=1S/C23H26FN3/c1-15-5-7-17(8-6-15)20-13-27(14-22(20)26(3)4)23-11-16(2)19-12-18(24)9-10-21(19)25-23/h5-12,20,22H,13-14H2,1-4H3/t20-,22+/m0/s1. The fourth-order valence-electron chi connectivity index (χ4n) is 4.15. The predicted octanol–water partition coefficient (Wildman–Crippen LogP) is 4.52. The van der Waals surface area contributed by atoms with E-state index in [0.717, 1.165) is 35.4 Å². The van der Waals surface area contributed by atoms with Gasteiger partial charge in [-0.25, -0.2) is 9.37 Å². The van der Waals surface area contributed by atoms with E-state index in [1.54, 1.807) is 12.1 Å². The van der Waals surface area contributed by atoms with Gasteiger partial charge in [0.25, 0.3) is 0 Å². The first kappa shape index (κ1) is 17.9. The summed E-state index contributed by atoms with van der Waals surface area (Å²) in [6.45, 7) is 6.03. The molecule has 0 N–H and O–H groups in total. The number of likely N-dealkylation sites (N-methyl/N-ethyl adjacent to an activating group) is 1. The number of hydrogen-bond acceptors (Lipinski definition) is 3. The van der Waals surface area contributed by atoms with Gasteiger partial charge in [-0.1, -0.05) is 29.8 Å². The van der Waals surface area contributed by atoms with Crippen molar-refractivity contribution in [2.75, 3.05) is 32.1 Å². The molecule has 4 heteroatoms. The van der Waals surface area contributed by atoms with E-state index in [9.17, 15) is 4.39 Å². The molecule has 1 saturated heterocycles. The van der Waals surface area contributed by atoms with E-state index in [1.807, 2.05) is 6.92 Å². The van der Waals surface area contributed by atoms with Crippen molar-refractivity contribution in [3.05, 3.63) is 71.0 Å². The van der Waals surface area contributed by atoms with Crippen LogP contribution in [0.25, 0.3) is 10.9 Å². The van der Waals surface area contributed by atoms with E-state index in [-0.39, 0.29) is 5.82 Å². The lowest BCUT2D eigenvalue weighted by Gasteiger charge is -2.25. The number of halogens is 1. The number of benzene rings is 2. The molecule has 3 aromatic rings. The number of rotatable bonds is 3. The maximum absolute atomic E-state index is 13.6. The van der Waals surface area contributed by atoms with Gasteiger partial charge in [-0.05, 0) is 63.3 Å². The smallest absolute Gasteiger partial charge is 0.129 e. The Kier molecular flexibility index (Phi) is 4.60. The van der Waals surface area contributed by atoms with Crippen molar-refractivity contribution in [3.8, 4) is 0 Å². The molecule has 0 amide bonds. The average Bonchev–Trinajstić information content (AvgIpc) is 3.08. The Morgan fingerprint density at radius 2 is 1.74 bits per heavy atom. The summed E-state index contributed by atoms with van der Waals surface area (Å²) in [7, 11) is 4.30. The second-order valence-corrected chi connectivity index (χ2v) is 7.91. The summed E-state index contributed by atoms with van der Waals surface area (Å²) < 4.78 is 13.6. The van der Waals surface area contributed by atoms with Gasteiger partial charge in [-0.3, -0.25) is 0 Å². The molecular weight excluding hydrogens is 337 g/mol. The lowest BCUT2D eigenvalue weighted by molar-refractivity contribution is 0.292. The number of aromatic nitrogens is 1. The highest BCUT2D eigenvalue weighted by Gasteiger charge is 2.35. The van der Waals surface area contributed by atoms with Crippen LogP contribution in [0.15, 0.2) is 48.5 Å². The molecule has 1 fully saturated rings. The number of aryl methyl sites for hydroxylation is 2. The van der Waals surface area contributed by atoms with Crippen LogP contribution in [0.5, 0.6) is 0 Å². The van der Waals surface area contributed by atoms with E-state index in [4.69, 9.17) is 4.98 Å². The molecule has 0 bridgehead atoms. The molecule has 1 aromatic heterocycles. The second kappa shape index (κ2) is 6.93. The third-order valence-corrected chi connectivity index (χ3v) is 5.75. The van der Waals surface area contributed by atoms with E-state index < -0.39 is 0 Å². The fraction of sp³-hybridized carbons (Fsp3) is 0.348. The van der Waals surface area contributed by atoms with Crippen LogP contribution in [-0.4, -0.2) is 43.1 Å². The van der Waals surface area contributed by atoms with Gasteiger partial charge in [0.2, 0.25) is 0 Å². The Morgan fingerprint density at radius 3 is 2.44 bits per heavy atom. The van der Waals surface area contributed by atoms with Crippen molar-refractivity contribution >= 4 is 16.7 Å². The lowest BCUT2D eigenvalue weighted by Crippen LogP contribution is -2.34. The first-order chi connectivity index (χ1) is 12.9. The normalized spacial score (nSPS) is 20.0. The Morgan fingerprint density at radius 1 is 1.00 bits per heavy atom. The van der Waals surface area contributed by atoms with Crippen LogP contribution in [0.1, 0.15) is 22.6 Å². The minimum absolute atomic E-state index is 0.214. The van der Waals surface area contributed by atoms with Crippen molar-refractivity contribution in [1.82, 2.24) is 9.88 Å². The van der Waals surface area contributed by atoms with Gasteiger partial charge in [-0.15, -0.1) is 0 Å². The molecule has 140 valence electrons. The molecule has 0 saturated carbocycles. The average molecular weight is 363 g/mol. The molecule has 3 nitrogen and oxygen atoms in total. The van der Waals surface area contributed by atoms with Crippen molar-refractivity contribution in [2.24, 2.45) is 0 Å². The molecule has 0 spiro atoms. The predicted molar refractivity (Wildman–Crippen MR) is 110 cm³/mol. The lowest BCUT2D eigenvalue weighted by atomic mass is 9.93. The highest BCUT2D eigenvalue weighted by atomic mass is 19.1. The minimum atomic E-state index is -0.214. The summed E-state index contributed by atoms with van der Waals surface area (Å²) >= 11 is 0. The summed E-state index contributed by atoms with van der Waals surface area (Å²) in [4.78, 5) is 9.52. The van der Waals surface area contributed by atoms with E-state index >= 15 is 0 Å². The Labute approximate surface area is 160 Å².